The van der Waals surface area contributed by atoms with Crippen molar-refractivity contribution in [3.63, 3.8) is 0 Å². The molecule has 0 radical (unpaired) electrons. The minimum Gasteiger partial charge on any atom is -0.378 e. The molecule has 32 heavy (non-hydrogen) atoms. The van der Waals surface area contributed by atoms with Crippen LogP contribution in [0.2, 0.25) is 5.02 Å². The summed E-state index contributed by atoms with van der Waals surface area (Å²) in [4.78, 5) is 10.3. The minimum atomic E-state index is -3.72. The summed E-state index contributed by atoms with van der Waals surface area (Å²) in [6, 6.07) is 8.87. The van der Waals surface area contributed by atoms with E-state index in [1.54, 1.807) is 0 Å². The molecule has 0 saturated carbocycles. The number of ether oxygens (including phenoxy) is 1. The van der Waals surface area contributed by atoms with Crippen LogP contribution in [0.15, 0.2) is 54.7 Å². The van der Waals surface area contributed by atoms with E-state index in [9.17, 15) is 13.2 Å². The Morgan fingerprint density at radius 1 is 1.09 bits per heavy atom. The van der Waals surface area contributed by atoms with Gasteiger partial charge in [-0.25, -0.2) is 9.37 Å². The fourth-order valence-electron chi connectivity index (χ4n) is 3.34. The first-order chi connectivity index (χ1) is 15.4. The normalized spacial score (nSPS) is 14.3. The van der Waals surface area contributed by atoms with Crippen molar-refractivity contribution in [2.45, 2.75) is 12.6 Å². The lowest BCUT2D eigenvalue weighted by atomic mass is 10.1. The average molecular weight is 464 g/mol. The predicted molar refractivity (Wildman–Crippen MR) is 118 cm³/mol. The van der Waals surface area contributed by atoms with Crippen LogP contribution in [-0.4, -0.2) is 36.3 Å². The highest BCUT2D eigenvalue weighted by Crippen LogP contribution is 2.33. The molecule has 3 aromatic rings. The highest BCUT2D eigenvalue weighted by Gasteiger charge is 2.35. The molecule has 1 aliphatic rings. The Morgan fingerprint density at radius 2 is 1.88 bits per heavy atom. The molecule has 0 atom stereocenters. The van der Waals surface area contributed by atoms with E-state index in [4.69, 9.17) is 16.3 Å². The number of nitrogens with one attached hydrogen (secondary N) is 2. The molecule has 1 fully saturated rings. The van der Waals surface area contributed by atoms with Crippen molar-refractivity contribution in [2.24, 2.45) is 0 Å². The fourth-order valence-corrected chi connectivity index (χ4v) is 3.48. The molecule has 1 aliphatic heterocycles. The van der Waals surface area contributed by atoms with E-state index in [2.05, 4.69) is 20.2 Å². The Morgan fingerprint density at radius 3 is 2.66 bits per heavy atom. The first-order valence-corrected chi connectivity index (χ1v) is 10.4. The van der Waals surface area contributed by atoms with E-state index in [-0.39, 0.29) is 16.8 Å². The molecule has 2 heterocycles. The molecule has 0 spiro atoms. The maximum absolute atomic E-state index is 14.6. The summed E-state index contributed by atoms with van der Waals surface area (Å²) in [5.74, 6) is -1.23. The summed E-state index contributed by atoms with van der Waals surface area (Å²) in [6.07, 6.45) is 1.21. The van der Waals surface area contributed by atoms with Crippen LogP contribution in [0.4, 0.5) is 30.6 Å². The van der Waals surface area contributed by atoms with Crippen LogP contribution in [0.25, 0.3) is 0 Å². The standard InChI is InChI=1S/C22H21ClF3N5O/c23-18-14-28-21(29-20(18)30-22(25,26)17-6-1-2-7-19(17)24)27-13-15-4-3-5-16(12-15)31-8-10-32-11-9-31/h1-7,12,14H,8-11,13H2,(H2,27,28,29,30). The maximum Gasteiger partial charge on any atom is 0.354 e. The van der Waals surface area contributed by atoms with E-state index in [0.29, 0.717) is 19.8 Å². The molecule has 0 amide bonds. The van der Waals surface area contributed by atoms with Gasteiger partial charge in [-0.2, -0.15) is 13.8 Å². The van der Waals surface area contributed by atoms with Gasteiger partial charge in [0, 0.05) is 25.3 Å². The van der Waals surface area contributed by atoms with Crippen molar-refractivity contribution in [1.29, 1.82) is 0 Å². The summed E-state index contributed by atoms with van der Waals surface area (Å²) in [7, 11) is 0. The number of benzene rings is 2. The second kappa shape index (κ2) is 9.62. The van der Waals surface area contributed by atoms with Crippen molar-refractivity contribution >= 4 is 29.1 Å². The third kappa shape index (κ3) is 5.23. The number of hydrogen-bond donors (Lipinski definition) is 2. The lowest BCUT2D eigenvalue weighted by Crippen LogP contribution is -2.36. The van der Waals surface area contributed by atoms with Crippen LogP contribution < -0.4 is 15.5 Å². The molecule has 1 saturated heterocycles. The van der Waals surface area contributed by atoms with Gasteiger partial charge >= 0.3 is 6.05 Å². The molecule has 6 nitrogen and oxygen atoms in total. The Bertz CT molecular complexity index is 1080. The average Bonchev–Trinajstić information content (AvgIpc) is 2.80. The zero-order valence-corrected chi connectivity index (χ0v) is 17.7. The van der Waals surface area contributed by atoms with Crippen molar-refractivity contribution in [3.05, 3.63) is 76.7 Å². The zero-order chi connectivity index (χ0) is 22.6. The van der Waals surface area contributed by atoms with Crippen LogP contribution in [0.5, 0.6) is 0 Å². The highest BCUT2D eigenvalue weighted by molar-refractivity contribution is 6.32. The largest absolute Gasteiger partial charge is 0.378 e. The second-order valence-corrected chi connectivity index (χ2v) is 7.60. The molecule has 2 N–H and O–H groups in total. The first kappa shape index (κ1) is 22.2. The van der Waals surface area contributed by atoms with Crippen molar-refractivity contribution in [1.82, 2.24) is 9.97 Å². The minimum absolute atomic E-state index is 0.109. The summed E-state index contributed by atoms with van der Waals surface area (Å²) in [5, 5.41) is 4.82. The molecule has 0 unspecified atom stereocenters. The highest BCUT2D eigenvalue weighted by atomic mass is 35.5. The molecular formula is C22H21ClF3N5O. The van der Waals surface area contributed by atoms with Gasteiger partial charge in [0.15, 0.2) is 5.82 Å². The number of halogens is 4. The summed E-state index contributed by atoms with van der Waals surface area (Å²) in [5.41, 5.74) is 1.25. The molecule has 10 heteroatoms. The lowest BCUT2D eigenvalue weighted by molar-refractivity contribution is 0.0242. The number of hydrogen-bond acceptors (Lipinski definition) is 6. The quantitative estimate of drug-likeness (QED) is 0.487. The van der Waals surface area contributed by atoms with Gasteiger partial charge in [-0.1, -0.05) is 35.9 Å². The number of alkyl halides is 2. The van der Waals surface area contributed by atoms with Gasteiger partial charge in [0.1, 0.15) is 10.8 Å². The van der Waals surface area contributed by atoms with Gasteiger partial charge < -0.3 is 20.3 Å². The van der Waals surface area contributed by atoms with E-state index in [0.717, 1.165) is 36.5 Å². The van der Waals surface area contributed by atoms with Crippen LogP contribution in [-0.2, 0) is 17.3 Å². The fraction of sp³-hybridized carbons (Fsp3) is 0.273. The molecule has 168 valence electrons. The third-order valence-corrected chi connectivity index (χ3v) is 5.25. The van der Waals surface area contributed by atoms with Gasteiger partial charge in [0.25, 0.3) is 0 Å². The SMILES string of the molecule is Fc1ccccc1C(F)(F)Nc1nc(NCc2cccc(N3CCOCC3)c2)ncc1Cl. The monoisotopic (exact) mass is 463 g/mol. The Hall–Kier alpha value is -3.04. The van der Waals surface area contributed by atoms with Crippen LogP contribution in [0.1, 0.15) is 11.1 Å². The van der Waals surface area contributed by atoms with Crippen LogP contribution in [0.3, 0.4) is 0 Å². The number of anilines is 3. The Kier molecular flexibility index (Phi) is 6.66. The van der Waals surface area contributed by atoms with E-state index < -0.39 is 17.4 Å². The molecular weight excluding hydrogens is 443 g/mol. The van der Waals surface area contributed by atoms with Crippen molar-refractivity contribution in [3.8, 4) is 0 Å². The van der Waals surface area contributed by atoms with Gasteiger partial charge in [-0.05, 0) is 29.8 Å². The van der Waals surface area contributed by atoms with E-state index in [1.165, 1.54) is 18.3 Å². The Labute approximate surface area is 188 Å². The predicted octanol–water partition coefficient (Wildman–Crippen LogP) is 4.88. The Balaban J connectivity index is 1.46. The maximum atomic E-state index is 14.6. The third-order valence-electron chi connectivity index (χ3n) is 4.97. The van der Waals surface area contributed by atoms with Crippen molar-refractivity contribution < 1.29 is 17.9 Å². The van der Waals surface area contributed by atoms with Crippen molar-refractivity contribution in [2.75, 3.05) is 41.8 Å². The summed E-state index contributed by atoms with van der Waals surface area (Å²) in [6.45, 7) is 3.40. The lowest BCUT2D eigenvalue weighted by Gasteiger charge is -2.29. The van der Waals surface area contributed by atoms with Crippen LogP contribution in [0, 0.1) is 5.82 Å². The number of morpholine rings is 1. The topological polar surface area (TPSA) is 62.3 Å². The molecule has 4 rings (SSSR count). The first-order valence-electron chi connectivity index (χ1n) is 10.0. The molecule has 0 aliphatic carbocycles. The van der Waals surface area contributed by atoms with E-state index >= 15 is 0 Å². The van der Waals surface area contributed by atoms with E-state index in [1.807, 2.05) is 29.6 Å². The molecule has 2 aromatic carbocycles. The summed E-state index contributed by atoms with van der Waals surface area (Å²) >= 11 is 6.00. The molecule has 1 aromatic heterocycles. The summed E-state index contributed by atoms with van der Waals surface area (Å²) < 4.78 is 48.4. The smallest absolute Gasteiger partial charge is 0.354 e. The molecule has 0 bridgehead atoms. The number of nitrogens with zero attached hydrogens (tertiary/aromatic N) is 3. The zero-order valence-electron chi connectivity index (χ0n) is 17.0. The second-order valence-electron chi connectivity index (χ2n) is 7.19. The number of rotatable bonds is 7. The van der Waals surface area contributed by atoms with Crippen LogP contribution >= 0.6 is 11.6 Å². The van der Waals surface area contributed by atoms with Gasteiger partial charge in [0.05, 0.1) is 25.0 Å². The van der Waals surface area contributed by atoms with Gasteiger partial charge in [-0.15, -0.1) is 0 Å². The van der Waals surface area contributed by atoms with Gasteiger partial charge in [0.2, 0.25) is 5.95 Å². The number of aromatic nitrogens is 2. The van der Waals surface area contributed by atoms with Gasteiger partial charge in [-0.3, -0.25) is 0 Å².